The first-order chi connectivity index (χ1) is 11.1. The molecule has 2 aromatic rings. The molecule has 6 nitrogen and oxygen atoms in total. The largest absolute Gasteiger partial charge is 0.353 e. The number of hydrogen-bond acceptors (Lipinski definition) is 4. The fourth-order valence-electron chi connectivity index (χ4n) is 3.17. The van der Waals surface area contributed by atoms with Gasteiger partial charge in [-0.05, 0) is 38.7 Å². The van der Waals surface area contributed by atoms with Crippen molar-refractivity contribution < 1.29 is 4.79 Å². The third-order valence-electron chi connectivity index (χ3n) is 4.35. The van der Waals surface area contributed by atoms with E-state index in [0.717, 1.165) is 31.5 Å². The van der Waals surface area contributed by atoms with Crippen molar-refractivity contribution in [2.45, 2.75) is 50.7 Å². The molecule has 2 N–H and O–H groups in total. The Bertz CT molecular complexity index is 767. The van der Waals surface area contributed by atoms with Gasteiger partial charge in [0.25, 0.3) is 5.56 Å². The van der Waals surface area contributed by atoms with Crippen molar-refractivity contribution in [1.82, 2.24) is 19.9 Å². The molecular formula is C16H22N4O2S. The maximum absolute atomic E-state index is 12.5. The highest BCUT2D eigenvalue weighted by Gasteiger charge is 2.25. The van der Waals surface area contributed by atoms with E-state index in [1.165, 1.54) is 18.2 Å². The van der Waals surface area contributed by atoms with Gasteiger partial charge in [0.1, 0.15) is 5.52 Å². The standard InChI is InChI=1S/C16H22N4O2S/c1-3-11-6-4-5-7-20(11)13(21)9-23-16-18-12-8-10(2)17-14(12)15(22)19-16/h8,11,17H,3-7,9H2,1-2H3,(H,18,19,22)/t11-/m1/s1. The van der Waals surface area contributed by atoms with Crippen LogP contribution in [0.1, 0.15) is 38.3 Å². The van der Waals surface area contributed by atoms with Crippen LogP contribution in [-0.4, -0.2) is 44.1 Å². The summed E-state index contributed by atoms with van der Waals surface area (Å²) in [7, 11) is 0. The number of aromatic nitrogens is 3. The van der Waals surface area contributed by atoms with Crippen LogP contribution in [0.3, 0.4) is 0 Å². The Balaban J connectivity index is 1.70. The summed E-state index contributed by atoms with van der Waals surface area (Å²) in [5, 5.41) is 0.500. The van der Waals surface area contributed by atoms with E-state index in [4.69, 9.17) is 0 Å². The number of thioether (sulfide) groups is 1. The molecule has 2 aromatic heterocycles. The number of carbonyl (C=O) groups is 1. The molecule has 7 heteroatoms. The fraction of sp³-hybridized carbons (Fsp3) is 0.562. The van der Waals surface area contributed by atoms with Gasteiger partial charge in [-0.15, -0.1) is 0 Å². The van der Waals surface area contributed by atoms with Gasteiger partial charge in [-0.25, -0.2) is 4.98 Å². The van der Waals surface area contributed by atoms with Gasteiger partial charge in [-0.1, -0.05) is 18.7 Å². The van der Waals surface area contributed by atoms with E-state index >= 15 is 0 Å². The van der Waals surface area contributed by atoms with Gasteiger partial charge in [-0.2, -0.15) is 0 Å². The van der Waals surface area contributed by atoms with Gasteiger partial charge in [0.2, 0.25) is 5.91 Å². The Hall–Kier alpha value is -1.76. The summed E-state index contributed by atoms with van der Waals surface area (Å²) >= 11 is 1.30. The monoisotopic (exact) mass is 334 g/mol. The Kier molecular flexibility index (Phi) is 4.75. The number of H-pyrrole nitrogens is 2. The predicted octanol–water partition coefficient (Wildman–Crippen LogP) is 2.44. The number of aromatic amines is 2. The zero-order valence-corrected chi connectivity index (χ0v) is 14.3. The van der Waals surface area contributed by atoms with Crippen LogP contribution in [0, 0.1) is 6.92 Å². The Labute approximate surface area is 139 Å². The summed E-state index contributed by atoms with van der Waals surface area (Å²) in [6.07, 6.45) is 4.38. The topological polar surface area (TPSA) is 81.8 Å². The molecule has 1 amide bonds. The average Bonchev–Trinajstić information content (AvgIpc) is 2.93. The second-order valence-electron chi connectivity index (χ2n) is 6.02. The molecule has 1 aliphatic rings. The zero-order chi connectivity index (χ0) is 16.4. The summed E-state index contributed by atoms with van der Waals surface area (Å²) in [4.78, 5) is 36.6. The lowest BCUT2D eigenvalue weighted by atomic mass is 10.0. The van der Waals surface area contributed by atoms with E-state index in [1.807, 2.05) is 17.9 Å². The Morgan fingerprint density at radius 3 is 3.04 bits per heavy atom. The van der Waals surface area contributed by atoms with Crippen molar-refractivity contribution in [3.8, 4) is 0 Å². The number of aryl methyl sites for hydroxylation is 1. The SMILES string of the molecule is CC[C@@H]1CCCCN1C(=O)CSc1nc2cc(C)[nH]c2c(=O)[nH]1. The predicted molar refractivity (Wildman–Crippen MR) is 91.8 cm³/mol. The number of nitrogens with zero attached hydrogens (tertiary/aromatic N) is 2. The third kappa shape index (κ3) is 3.44. The van der Waals surface area contributed by atoms with Gasteiger partial charge in [0, 0.05) is 18.3 Å². The minimum Gasteiger partial charge on any atom is -0.353 e. The molecule has 3 heterocycles. The number of carbonyl (C=O) groups excluding carboxylic acids is 1. The van der Waals surface area contributed by atoms with Crippen molar-refractivity contribution in [1.29, 1.82) is 0 Å². The second-order valence-corrected chi connectivity index (χ2v) is 6.98. The highest BCUT2D eigenvalue weighted by molar-refractivity contribution is 7.99. The molecule has 0 unspecified atom stereocenters. The minimum atomic E-state index is -0.192. The average molecular weight is 334 g/mol. The van der Waals surface area contributed by atoms with Crippen molar-refractivity contribution in [3.05, 3.63) is 22.1 Å². The lowest BCUT2D eigenvalue weighted by Gasteiger charge is -2.35. The van der Waals surface area contributed by atoms with Gasteiger partial charge < -0.3 is 9.88 Å². The number of piperidine rings is 1. The smallest absolute Gasteiger partial charge is 0.275 e. The van der Waals surface area contributed by atoms with Crippen LogP contribution >= 0.6 is 11.8 Å². The molecule has 1 saturated heterocycles. The molecule has 0 saturated carbocycles. The van der Waals surface area contributed by atoms with Gasteiger partial charge in [-0.3, -0.25) is 14.6 Å². The number of hydrogen-bond donors (Lipinski definition) is 2. The van der Waals surface area contributed by atoms with E-state index in [9.17, 15) is 9.59 Å². The van der Waals surface area contributed by atoms with Crippen molar-refractivity contribution in [3.63, 3.8) is 0 Å². The van der Waals surface area contributed by atoms with Crippen LogP contribution in [-0.2, 0) is 4.79 Å². The fourth-order valence-corrected chi connectivity index (χ4v) is 3.92. The van der Waals surface area contributed by atoms with Crippen LogP contribution in [0.2, 0.25) is 0 Å². The molecule has 1 aliphatic heterocycles. The van der Waals surface area contributed by atoms with E-state index in [-0.39, 0.29) is 11.5 Å². The summed E-state index contributed by atoms with van der Waals surface area (Å²) in [5.74, 6) is 0.448. The van der Waals surface area contributed by atoms with Crippen LogP contribution in [0.5, 0.6) is 0 Å². The molecule has 0 radical (unpaired) electrons. The van der Waals surface area contributed by atoms with Crippen LogP contribution in [0.15, 0.2) is 16.0 Å². The van der Waals surface area contributed by atoms with E-state index in [0.29, 0.717) is 28.0 Å². The van der Waals surface area contributed by atoms with Gasteiger partial charge in [0.15, 0.2) is 5.16 Å². The maximum Gasteiger partial charge on any atom is 0.275 e. The highest BCUT2D eigenvalue weighted by Crippen LogP contribution is 2.22. The van der Waals surface area contributed by atoms with Crippen LogP contribution in [0.25, 0.3) is 11.0 Å². The number of fused-ring (bicyclic) bond motifs is 1. The Morgan fingerprint density at radius 2 is 2.26 bits per heavy atom. The quantitative estimate of drug-likeness (QED) is 0.665. The summed E-state index contributed by atoms with van der Waals surface area (Å²) in [6.45, 7) is 4.86. The number of nitrogens with one attached hydrogen (secondary N) is 2. The molecule has 3 rings (SSSR count). The maximum atomic E-state index is 12.5. The number of rotatable bonds is 4. The van der Waals surface area contributed by atoms with Gasteiger partial charge in [0.05, 0.1) is 11.3 Å². The number of amides is 1. The molecule has 124 valence electrons. The highest BCUT2D eigenvalue weighted by atomic mass is 32.2. The molecule has 1 fully saturated rings. The van der Waals surface area contributed by atoms with Crippen molar-refractivity contribution >= 4 is 28.7 Å². The van der Waals surface area contributed by atoms with Crippen LogP contribution < -0.4 is 5.56 Å². The molecule has 0 spiro atoms. The molecule has 0 bridgehead atoms. The van der Waals surface area contributed by atoms with E-state index < -0.39 is 0 Å². The zero-order valence-electron chi connectivity index (χ0n) is 13.5. The lowest BCUT2D eigenvalue weighted by molar-refractivity contribution is -0.132. The van der Waals surface area contributed by atoms with Crippen LogP contribution in [0.4, 0.5) is 0 Å². The molecular weight excluding hydrogens is 312 g/mol. The molecule has 0 aliphatic carbocycles. The molecule has 0 aromatic carbocycles. The van der Waals surface area contributed by atoms with E-state index in [2.05, 4.69) is 21.9 Å². The first kappa shape index (κ1) is 16.1. The second kappa shape index (κ2) is 6.78. The first-order valence-electron chi connectivity index (χ1n) is 8.10. The minimum absolute atomic E-state index is 0.134. The van der Waals surface area contributed by atoms with Crippen molar-refractivity contribution in [2.75, 3.05) is 12.3 Å². The third-order valence-corrected chi connectivity index (χ3v) is 5.21. The first-order valence-corrected chi connectivity index (χ1v) is 9.09. The van der Waals surface area contributed by atoms with E-state index in [1.54, 1.807) is 0 Å². The summed E-state index contributed by atoms with van der Waals surface area (Å²) in [5.41, 5.74) is 1.84. The lowest BCUT2D eigenvalue weighted by Crippen LogP contribution is -2.44. The summed E-state index contributed by atoms with van der Waals surface area (Å²) in [6, 6.07) is 2.20. The normalized spacial score (nSPS) is 18.5. The van der Waals surface area contributed by atoms with Gasteiger partial charge >= 0.3 is 0 Å². The number of likely N-dealkylation sites (tertiary alicyclic amines) is 1. The van der Waals surface area contributed by atoms with Crippen molar-refractivity contribution in [2.24, 2.45) is 0 Å². The summed E-state index contributed by atoms with van der Waals surface area (Å²) < 4.78 is 0. The molecule has 1 atom stereocenters. The molecule has 23 heavy (non-hydrogen) atoms. The Morgan fingerprint density at radius 1 is 1.43 bits per heavy atom.